The quantitative estimate of drug-likeness (QED) is 0.487. The Morgan fingerprint density at radius 2 is 2.09 bits per heavy atom. The van der Waals surface area contributed by atoms with Crippen molar-refractivity contribution >= 4 is 5.78 Å². The van der Waals surface area contributed by atoms with Gasteiger partial charge in [0.2, 0.25) is 0 Å². The van der Waals surface area contributed by atoms with Gasteiger partial charge in [0, 0.05) is 5.41 Å². The van der Waals surface area contributed by atoms with Gasteiger partial charge in [-0.2, -0.15) is 0 Å². The van der Waals surface area contributed by atoms with Crippen LogP contribution in [0.25, 0.3) is 0 Å². The van der Waals surface area contributed by atoms with Crippen LogP contribution in [0.3, 0.4) is 0 Å². The molecule has 0 aromatic carbocycles. The summed E-state index contributed by atoms with van der Waals surface area (Å²) in [4.78, 5) is 11.6. The number of carbonyl (C=O) groups is 1. The van der Waals surface area contributed by atoms with E-state index in [4.69, 9.17) is 0 Å². The molecule has 0 aromatic heterocycles. The number of Topliss-reactive ketones (excluding diaryl/α,β-unsaturated/α-hetero) is 1. The van der Waals surface area contributed by atoms with Crippen molar-refractivity contribution in [2.45, 2.75) is 33.6 Å². The topological polar surface area (TPSA) is 17.1 Å². The standard InChI is InChI=1S/C10H16O/c1-7-5-6-8(2)10(3,4)9(7)11/h8H,1,5-6H2,2-4H3/t8-/m0/s1. The van der Waals surface area contributed by atoms with Crippen LogP contribution in [0.4, 0.5) is 0 Å². The van der Waals surface area contributed by atoms with E-state index in [0.717, 1.165) is 18.4 Å². The number of allylic oxidation sites excluding steroid dienone is 1. The third-order valence-electron chi connectivity index (χ3n) is 3.02. The summed E-state index contributed by atoms with van der Waals surface area (Å²) in [6, 6.07) is 0. The first-order chi connectivity index (χ1) is 4.96. The molecule has 0 heterocycles. The molecule has 0 saturated heterocycles. The average molecular weight is 152 g/mol. The van der Waals surface area contributed by atoms with E-state index < -0.39 is 0 Å². The van der Waals surface area contributed by atoms with Crippen LogP contribution in [-0.4, -0.2) is 5.78 Å². The first-order valence-electron chi connectivity index (χ1n) is 4.19. The van der Waals surface area contributed by atoms with Gasteiger partial charge in [-0.25, -0.2) is 0 Å². The van der Waals surface area contributed by atoms with Gasteiger partial charge in [0.25, 0.3) is 0 Å². The van der Waals surface area contributed by atoms with E-state index in [0.29, 0.717) is 5.92 Å². The van der Waals surface area contributed by atoms with E-state index in [9.17, 15) is 4.79 Å². The van der Waals surface area contributed by atoms with Crippen LogP contribution in [0.5, 0.6) is 0 Å². The fraction of sp³-hybridized carbons (Fsp3) is 0.700. The summed E-state index contributed by atoms with van der Waals surface area (Å²) in [6.45, 7) is 9.96. The summed E-state index contributed by atoms with van der Waals surface area (Å²) < 4.78 is 0. The molecule has 62 valence electrons. The van der Waals surface area contributed by atoms with Crippen molar-refractivity contribution in [3.8, 4) is 0 Å². The van der Waals surface area contributed by atoms with Gasteiger partial charge < -0.3 is 0 Å². The van der Waals surface area contributed by atoms with Crippen molar-refractivity contribution in [3.05, 3.63) is 12.2 Å². The minimum atomic E-state index is -0.171. The normalized spacial score (nSPS) is 30.6. The van der Waals surface area contributed by atoms with Crippen LogP contribution in [0, 0.1) is 11.3 Å². The molecular formula is C10H16O. The second kappa shape index (κ2) is 2.47. The van der Waals surface area contributed by atoms with Crippen LogP contribution >= 0.6 is 0 Å². The molecule has 1 saturated carbocycles. The zero-order valence-electron chi connectivity index (χ0n) is 7.61. The second-order valence-electron chi connectivity index (χ2n) is 4.09. The van der Waals surface area contributed by atoms with Crippen molar-refractivity contribution in [1.29, 1.82) is 0 Å². The van der Waals surface area contributed by atoms with Crippen molar-refractivity contribution in [2.24, 2.45) is 11.3 Å². The van der Waals surface area contributed by atoms with E-state index >= 15 is 0 Å². The Bertz CT molecular complexity index is 201. The van der Waals surface area contributed by atoms with Gasteiger partial charge in [0.05, 0.1) is 0 Å². The third-order valence-corrected chi connectivity index (χ3v) is 3.02. The average Bonchev–Trinajstić information content (AvgIpc) is 1.95. The fourth-order valence-corrected chi connectivity index (χ4v) is 1.54. The molecule has 1 fully saturated rings. The summed E-state index contributed by atoms with van der Waals surface area (Å²) >= 11 is 0. The van der Waals surface area contributed by atoms with Crippen molar-refractivity contribution < 1.29 is 4.79 Å². The molecule has 11 heavy (non-hydrogen) atoms. The minimum Gasteiger partial charge on any atom is -0.294 e. The lowest BCUT2D eigenvalue weighted by atomic mass is 9.67. The largest absolute Gasteiger partial charge is 0.294 e. The lowest BCUT2D eigenvalue weighted by Crippen LogP contribution is -2.36. The summed E-state index contributed by atoms with van der Waals surface area (Å²) in [6.07, 6.45) is 2.00. The Labute approximate surface area is 68.5 Å². The summed E-state index contributed by atoms with van der Waals surface area (Å²) in [5.74, 6) is 0.761. The molecule has 1 atom stereocenters. The van der Waals surface area contributed by atoms with Gasteiger partial charge in [-0.15, -0.1) is 0 Å². The van der Waals surface area contributed by atoms with Gasteiger partial charge in [0.15, 0.2) is 5.78 Å². The number of ketones is 1. The lowest BCUT2D eigenvalue weighted by Gasteiger charge is -2.35. The molecule has 1 aliphatic carbocycles. The zero-order valence-corrected chi connectivity index (χ0v) is 7.61. The first kappa shape index (κ1) is 8.51. The summed E-state index contributed by atoms with van der Waals surface area (Å²) in [5.41, 5.74) is 0.642. The number of rotatable bonds is 0. The Balaban J connectivity index is 2.89. The Morgan fingerprint density at radius 3 is 2.55 bits per heavy atom. The van der Waals surface area contributed by atoms with E-state index in [1.54, 1.807) is 0 Å². The zero-order chi connectivity index (χ0) is 8.65. The molecule has 0 amide bonds. The Morgan fingerprint density at radius 1 is 1.55 bits per heavy atom. The molecule has 1 nitrogen and oxygen atoms in total. The molecule has 0 spiro atoms. The lowest BCUT2D eigenvalue weighted by molar-refractivity contribution is -0.127. The maximum atomic E-state index is 11.6. The highest BCUT2D eigenvalue weighted by Gasteiger charge is 2.38. The molecule has 1 aliphatic rings. The summed E-state index contributed by atoms with van der Waals surface area (Å²) in [7, 11) is 0. The van der Waals surface area contributed by atoms with Crippen molar-refractivity contribution in [3.63, 3.8) is 0 Å². The highest BCUT2D eigenvalue weighted by molar-refractivity contribution is 5.99. The third kappa shape index (κ3) is 1.24. The van der Waals surface area contributed by atoms with Crippen molar-refractivity contribution in [2.75, 3.05) is 0 Å². The van der Waals surface area contributed by atoms with Gasteiger partial charge in [-0.1, -0.05) is 27.4 Å². The van der Waals surface area contributed by atoms with Gasteiger partial charge in [-0.05, 0) is 24.3 Å². The summed E-state index contributed by atoms with van der Waals surface area (Å²) in [5, 5.41) is 0. The predicted octanol–water partition coefficient (Wildman–Crippen LogP) is 2.57. The maximum Gasteiger partial charge on any atom is 0.164 e. The Hall–Kier alpha value is -0.590. The molecule has 0 N–H and O–H groups in total. The van der Waals surface area contributed by atoms with E-state index in [1.165, 1.54) is 0 Å². The number of hydrogen-bond acceptors (Lipinski definition) is 1. The highest BCUT2D eigenvalue weighted by atomic mass is 16.1. The van der Waals surface area contributed by atoms with Crippen molar-refractivity contribution in [1.82, 2.24) is 0 Å². The molecule has 1 heteroatoms. The SMILES string of the molecule is C=C1CC[C@H](C)C(C)(C)C1=O. The molecule has 0 aromatic rings. The second-order valence-corrected chi connectivity index (χ2v) is 4.09. The van der Waals surface area contributed by atoms with Gasteiger partial charge in [-0.3, -0.25) is 4.79 Å². The van der Waals surface area contributed by atoms with Gasteiger partial charge in [0.1, 0.15) is 0 Å². The number of carbonyl (C=O) groups excluding carboxylic acids is 1. The van der Waals surface area contributed by atoms with Crippen LogP contribution in [0.2, 0.25) is 0 Å². The van der Waals surface area contributed by atoms with E-state index in [2.05, 4.69) is 13.5 Å². The number of hydrogen-bond donors (Lipinski definition) is 0. The molecule has 1 rings (SSSR count). The van der Waals surface area contributed by atoms with E-state index in [1.807, 2.05) is 13.8 Å². The maximum absolute atomic E-state index is 11.6. The van der Waals surface area contributed by atoms with Crippen LogP contribution in [-0.2, 0) is 4.79 Å². The van der Waals surface area contributed by atoms with Gasteiger partial charge >= 0.3 is 0 Å². The smallest absolute Gasteiger partial charge is 0.164 e. The van der Waals surface area contributed by atoms with E-state index in [-0.39, 0.29) is 11.2 Å². The molecule has 0 unspecified atom stereocenters. The highest BCUT2D eigenvalue weighted by Crippen LogP contribution is 2.39. The van der Waals surface area contributed by atoms with Crippen LogP contribution in [0.15, 0.2) is 12.2 Å². The fourth-order valence-electron chi connectivity index (χ4n) is 1.54. The van der Waals surface area contributed by atoms with Crippen LogP contribution in [0.1, 0.15) is 33.6 Å². The van der Waals surface area contributed by atoms with Crippen LogP contribution < -0.4 is 0 Å². The predicted molar refractivity (Wildman–Crippen MR) is 46.3 cm³/mol. The molecule has 0 aliphatic heterocycles. The molecule has 0 radical (unpaired) electrons. The molecular weight excluding hydrogens is 136 g/mol. The monoisotopic (exact) mass is 152 g/mol. The first-order valence-corrected chi connectivity index (χ1v) is 4.19. The Kier molecular flexibility index (Phi) is 1.91. The minimum absolute atomic E-state index is 0.171. The molecule has 0 bridgehead atoms.